The fraction of sp³-hybridized carbons (Fsp3) is 0.533. The van der Waals surface area contributed by atoms with Crippen molar-refractivity contribution in [1.82, 2.24) is 4.90 Å². The maximum atomic E-state index is 13.9. The Morgan fingerprint density at radius 2 is 2.21 bits per heavy atom. The predicted octanol–water partition coefficient (Wildman–Crippen LogP) is 2.33. The molecule has 0 bridgehead atoms. The monoisotopic (exact) mass is 264 g/mol. The van der Waals surface area contributed by atoms with Crippen LogP contribution in [0.3, 0.4) is 0 Å². The van der Waals surface area contributed by atoms with Crippen molar-refractivity contribution in [2.24, 2.45) is 17.6 Å². The number of amides is 1. The second kappa shape index (κ2) is 5.70. The van der Waals surface area contributed by atoms with E-state index < -0.39 is 0 Å². The predicted molar refractivity (Wildman–Crippen MR) is 72.9 cm³/mol. The number of carbonyl (C=O) groups is 1. The van der Waals surface area contributed by atoms with Crippen molar-refractivity contribution in [3.63, 3.8) is 0 Å². The second-order valence-electron chi connectivity index (χ2n) is 5.51. The Balaban J connectivity index is 2.28. The molecule has 1 amide bonds. The Kier molecular flexibility index (Phi) is 4.20. The fourth-order valence-corrected chi connectivity index (χ4v) is 2.71. The van der Waals surface area contributed by atoms with E-state index in [1.807, 2.05) is 13.0 Å². The summed E-state index contributed by atoms with van der Waals surface area (Å²) in [5.74, 6) is -0.0296. The highest BCUT2D eigenvalue weighted by Crippen LogP contribution is 2.37. The van der Waals surface area contributed by atoms with Gasteiger partial charge in [-0.25, -0.2) is 4.39 Å². The van der Waals surface area contributed by atoms with Crippen LogP contribution in [0, 0.1) is 17.7 Å². The number of halogens is 1. The summed E-state index contributed by atoms with van der Waals surface area (Å²) in [7, 11) is 0. The van der Waals surface area contributed by atoms with Gasteiger partial charge in [0.1, 0.15) is 5.82 Å². The minimum Gasteiger partial charge on any atom is -0.335 e. The molecule has 1 saturated heterocycles. The van der Waals surface area contributed by atoms with Crippen LogP contribution < -0.4 is 5.73 Å². The van der Waals surface area contributed by atoms with Crippen molar-refractivity contribution in [3.05, 3.63) is 35.6 Å². The zero-order chi connectivity index (χ0) is 14.0. The van der Waals surface area contributed by atoms with Crippen LogP contribution in [0.5, 0.6) is 0 Å². The van der Waals surface area contributed by atoms with E-state index in [0.29, 0.717) is 24.6 Å². The molecule has 3 nitrogen and oxygen atoms in total. The van der Waals surface area contributed by atoms with Crippen LogP contribution in [0.2, 0.25) is 0 Å². The van der Waals surface area contributed by atoms with Crippen LogP contribution in [0.15, 0.2) is 24.3 Å². The molecule has 3 atom stereocenters. The smallest absolute Gasteiger partial charge is 0.227 e. The van der Waals surface area contributed by atoms with Crippen molar-refractivity contribution in [2.45, 2.75) is 26.3 Å². The van der Waals surface area contributed by atoms with Gasteiger partial charge in [0.25, 0.3) is 0 Å². The largest absolute Gasteiger partial charge is 0.335 e. The van der Waals surface area contributed by atoms with Crippen molar-refractivity contribution in [2.75, 3.05) is 13.1 Å². The summed E-state index contributed by atoms with van der Waals surface area (Å²) in [6.07, 6.45) is 0.809. The Labute approximate surface area is 113 Å². The number of hydrogen-bond acceptors (Lipinski definition) is 2. The third kappa shape index (κ3) is 2.78. The van der Waals surface area contributed by atoms with Gasteiger partial charge in [0.05, 0.1) is 6.04 Å². The van der Waals surface area contributed by atoms with Crippen LogP contribution in [-0.4, -0.2) is 23.9 Å². The van der Waals surface area contributed by atoms with E-state index >= 15 is 0 Å². The number of carbonyl (C=O) groups excluding carboxylic acids is 1. The van der Waals surface area contributed by atoms with Crippen molar-refractivity contribution < 1.29 is 9.18 Å². The Morgan fingerprint density at radius 1 is 1.53 bits per heavy atom. The molecule has 1 aromatic rings. The highest BCUT2D eigenvalue weighted by Gasteiger charge is 2.36. The Hall–Kier alpha value is -1.42. The highest BCUT2D eigenvalue weighted by molar-refractivity contribution is 5.79. The van der Waals surface area contributed by atoms with E-state index in [1.165, 1.54) is 6.07 Å². The normalized spacial score (nSPS) is 24.5. The topological polar surface area (TPSA) is 46.3 Å². The molecular formula is C15H21FN2O. The number of nitrogens with two attached hydrogens (primary N) is 1. The minimum atomic E-state index is -0.236. The lowest BCUT2D eigenvalue weighted by atomic mass is 10.00. The Bertz CT molecular complexity index is 463. The van der Waals surface area contributed by atoms with Crippen molar-refractivity contribution in [3.8, 4) is 0 Å². The second-order valence-corrected chi connectivity index (χ2v) is 5.51. The molecule has 2 rings (SSSR count). The first kappa shape index (κ1) is 14.0. The van der Waals surface area contributed by atoms with E-state index in [9.17, 15) is 9.18 Å². The van der Waals surface area contributed by atoms with Gasteiger partial charge in [-0.1, -0.05) is 32.0 Å². The maximum Gasteiger partial charge on any atom is 0.227 e. The quantitative estimate of drug-likeness (QED) is 0.910. The van der Waals surface area contributed by atoms with Crippen LogP contribution >= 0.6 is 0 Å². The first-order valence-corrected chi connectivity index (χ1v) is 6.79. The number of benzene rings is 1. The molecule has 0 radical (unpaired) electrons. The molecule has 1 aliphatic rings. The van der Waals surface area contributed by atoms with Gasteiger partial charge in [-0.05, 0) is 18.4 Å². The summed E-state index contributed by atoms with van der Waals surface area (Å²) in [4.78, 5) is 14.1. The highest BCUT2D eigenvalue weighted by atomic mass is 19.1. The molecule has 104 valence electrons. The summed E-state index contributed by atoms with van der Waals surface area (Å²) >= 11 is 0. The van der Waals surface area contributed by atoms with Crippen LogP contribution in [0.4, 0.5) is 4.39 Å². The average molecular weight is 264 g/mol. The van der Waals surface area contributed by atoms with Gasteiger partial charge < -0.3 is 10.6 Å². The molecule has 1 fully saturated rings. The molecule has 1 aliphatic heterocycles. The first-order valence-electron chi connectivity index (χ1n) is 6.79. The van der Waals surface area contributed by atoms with Gasteiger partial charge in [-0.3, -0.25) is 4.79 Å². The van der Waals surface area contributed by atoms with Crippen LogP contribution in [0.1, 0.15) is 31.9 Å². The summed E-state index contributed by atoms with van der Waals surface area (Å²) in [5, 5.41) is 0. The number of nitrogens with zero attached hydrogens (tertiary/aromatic N) is 1. The summed E-state index contributed by atoms with van der Waals surface area (Å²) in [6, 6.07) is 6.55. The van der Waals surface area contributed by atoms with Gasteiger partial charge in [-0.15, -0.1) is 0 Å². The Morgan fingerprint density at radius 3 is 2.84 bits per heavy atom. The lowest BCUT2D eigenvalue weighted by Gasteiger charge is -2.27. The van der Waals surface area contributed by atoms with Crippen LogP contribution in [0.25, 0.3) is 0 Å². The van der Waals surface area contributed by atoms with Crippen molar-refractivity contribution in [1.29, 1.82) is 0 Å². The molecule has 4 heteroatoms. The van der Waals surface area contributed by atoms with E-state index in [1.54, 1.807) is 17.0 Å². The zero-order valence-corrected chi connectivity index (χ0v) is 11.5. The van der Waals surface area contributed by atoms with Gasteiger partial charge >= 0.3 is 0 Å². The molecule has 2 N–H and O–H groups in total. The third-order valence-corrected chi connectivity index (χ3v) is 3.83. The number of likely N-dealkylation sites (tertiary alicyclic amines) is 1. The lowest BCUT2D eigenvalue weighted by Crippen LogP contribution is -2.38. The van der Waals surface area contributed by atoms with Crippen molar-refractivity contribution >= 4 is 5.91 Å². The molecular weight excluding hydrogens is 243 g/mol. The zero-order valence-electron chi connectivity index (χ0n) is 11.5. The average Bonchev–Trinajstić information content (AvgIpc) is 2.79. The first-order chi connectivity index (χ1) is 9.04. The number of rotatable bonds is 3. The SMILES string of the molecule is C[C@@H]1C[C@@H](c2ccccc2F)N(C(=O)[C@H](C)CN)C1. The lowest BCUT2D eigenvalue weighted by molar-refractivity contribution is -0.135. The molecule has 1 heterocycles. The van der Waals surface area contributed by atoms with Gasteiger partial charge in [0, 0.05) is 24.6 Å². The third-order valence-electron chi connectivity index (χ3n) is 3.83. The molecule has 19 heavy (non-hydrogen) atoms. The summed E-state index contributed by atoms with van der Waals surface area (Å²) < 4.78 is 13.9. The van der Waals surface area contributed by atoms with E-state index in [-0.39, 0.29) is 23.7 Å². The molecule has 0 aliphatic carbocycles. The standard InChI is InChI=1S/C15H21FN2O/c1-10-7-14(12-5-3-4-6-13(12)16)18(9-10)15(19)11(2)8-17/h3-6,10-11,14H,7-9,17H2,1-2H3/t10-,11-,14+/m1/s1. The molecule has 1 aromatic carbocycles. The molecule has 0 aromatic heterocycles. The summed E-state index contributed by atoms with van der Waals surface area (Å²) in [6.45, 7) is 4.92. The van der Waals surface area contributed by atoms with E-state index in [4.69, 9.17) is 5.73 Å². The minimum absolute atomic E-state index is 0.0279. The van der Waals surface area contributed by atoms with Gasteiger partial charge in [0.15, 0.2) is 0 Å². The van der Waals surface area contributed by atoms with Gasteiger partial charge in [-0.2, -0.15) is 0 Å². The van der Waals surface area contributed by atoms with Crippen LogP contribution in [-0.2, 0) is 4.79 Å². The molecule has 0 unspecified atom stereocenters. The maximum absolute atomic E-state index is 13.9. The summed E-state index contributed by atoms with van der Waals surface area (Å²) in [5.41, 5.74) is 6.18. The van der Waals surface area contributed by atoms with E-state index in [2.05, 4.69) is 6.92 Å². The molecule has 0 spiro atoms. The van der Waals surface area contributed by atoms with Gasteiger partial charge in [0.2, 0.25) is 5.91 Å². The van der Waals surface area contributed by atoms with E-state index in [0.717, 1.165) is 6.42 Å². The number of hydrogen-bond donors (Lipinski definition) is 1. The molecule has 0 saturated carbocycles. The fourth-order valence-electron chi connectivity index (χ4n) is 2.71.